The molecule has 8 heteroatoms. The predicted molar refractivity (Wildman–Crippen MR) is 182 cm³/mol. The number of hydrogen-bond donors (Lipinski definition) is 0. The monoisotopic (exact) mass is 609 g/mol. The lowest BCUT2D eigenvalue weighted by atomic mass is 9.86. The summed E-state index contributed by atoms with van der Waals surface area (Å²) < 4.78 is 18.9. The summed E-state index contributed by atoms with van der Waals surface area (Å²) >= 11 is 0. The number of likely N-dealkylation sites (tertiary alicyclic amines) is 1. The molecule has 8 nitrogen and oxygen atoms in total. The Balaban J connectivity index is 1.24. The molecule has 4 aromatic rings. The Labute approximate surface area is 267 Å². The zero-order chi connectivity index (χ0) is 31.1. The summed E-state index contributed by atoms with van der Waals surface area (Å²) in [6.07, 6.45) is 2.28. The van der Waals surface area contributed by atoms with Gasteiger partial charge in [0.05, 0.1) is 44.5 Å². The molecular weight excluding hydrogens is 562 g/mol. The molecule has 7 rings (SSSR count). The van der Waals surface area contributed by atoms with Crippen molar-refractivity contribution in [2.45, 2.75) is 44.7 Å². The summed E-state index contributed by atoms with van der Waals surface area (Å²) in [5.41, 5.74) is 8.47. The van der Waals surface area contributed by atoms with Crippen LogP contribution in [0.25, 0.3) is 33.5 Å². The molecule has 3 aromatic carbocycles. The van der Waals surface area contributed by atoms with E-state index in [4.69, 9.17) is 19.2 Å². The van der Waals surface area contributed by atoms with Gasteiger partial charge in [-0.05, 0) is 105 Å². The minimum Gasteiger partial charge on any atom is -0.493 e. The van der Waals surface area contributed by atoms with Crippen molar-refractivity contribution in [3.05, 3.63) is 60.2 Å². The van der Waals surface area contributed by atoms with Crippen LogP contribution in [0.5, 0.6) is 11.5 Å². The van der Waals surface area contributed by atoms with E-state index in [0.29, 0.717) is 23.8 Å². The topological polar surface area (TPSA) is 55.2 Å². The molecule has 0 N–H and O–H groups in total. The molecule has 0 bridgehead atoms. The number of methoxy groups -OCH3 is 2. The van der Waals surface area contributed by atoms with Gasteiger partial charge in [-0.1, -0.05) is 12.1 Å². The molecule has 0 aliphatic carbocycles. The first kappa shape index (κ1) is 30.1. The standard InChI is InChI=1S/C37H47N5O3/c1-25(2)40-16-18-42(19-17-40)30-9-6-26(7-10-30)29-20-32(27-12-14-41(15-13-27)31-23-45-24-31)36-33(21-29)39(3)37(38-36)28-8-11-34(43-4)35(22-28)44-5/h6-11,20-22,25,27,31H,12-19,23-24H2,1-5H3. The summed E-state index contributed by atoms with van der Waals surface area (Å²) in [4.78, 5) is 13.0. The van der Waals surface area contributed by atoms with Crippen molar-refractivity contribution in [2.75, 3.05) is 71.6 Å². The van der Waals surface area contributed by atoms with Crippen LogP contribution < -0.4 is 14.4 Å². The van der Waals surface area contributed by atoms with Crippen molar-refractivity contribution in [3.63, 3.8) is 0 Å². The van der Waals surface area contributed by atoms with Crippen LogP contribution in [0.2, 0.25) is 0 Å². The zero-order valence-electron chi connectivity index (χ0n) is 27.5. The molecule has 3 saturated heterocycles. The van der Waals surface area contributed by atoms with Crippen LogP contribution in [0.3, 0.4) is 0 Å². The number of imidazole rings is 1. The lowest BCUT2D eigenvalue weighted by Gasteiger charge is -2.41. The predicted octanol–water partition coefficient (Wildman–Crippen LogP) is 6.03. The van der Waals surface area contributed by atoms with Gasteiger partial charge in [0.2, 0.25) is 0 Å². The van der Waals surface area contributed by atoms with Gasteiger partial charge in [-0.2, -0.15) is 0 Å². The largest absolute Gasteiger partial charge is 0.493 e. The Morgan fingerprint density at radius 2 is 1.47 bits per heavy atom. The highest BCUT2D eigenvalue weighted by molar-refractivity contribution is 5.89. The molecule has 0 radical (unpaired) electrons. The number of anilines is 1. The highest BCUT2D eigenvalue weighted by Crippen LogP contribution is 2.40. The van der Waals surface area contributed by atoms with Gasteiger partial charge < -0.3 is 23.7 Å². The van der Waals surface area contributed by atoms with Crippen molar-refractivity contribution in [2.24, 2.45) is 7.05 Å². The van der Waals surface area contributed by atoms with Crippen LogP contribution >= 0.6 is 0 Å². The fourth-order valence-electron chi connectivity index (χ4n) is 7.40. The zero-order valence-corrected chi connectivity index (χ0v) is 27.5. The number of piperazine rings is 1. The highest BCUT2D eigenvalue weighted by Gasteiger charge is 2.31. The van der Waals surface area contributed by atoms with Gasteiger partial charge in [-0.15, -0.1) is 0 Å². The normalized spacial score (nSPS) is 18.9. The van der Waals surface area contributed by atoms with Crippen LogP contribution in [0.1, 0.15) is 38.2 Å². The second-order valence-corrected chi connectivity index (χ2v) is 13.2. The van der Waals surface area contributed by atoms with E-state index >= 15 is 0 Å². The first-order chi connectivity index (χ1) is 21.9. The van der Waals surface area contributed by atoms with E-state index < -0.39 is 0 Å². The Bertz CT molecular complexity index is 1630. The number of hydrogen-bond acceptors (Lipinski definition) is 7. The first-order valence-corrected chi connectivity index (χ1v) is 16.6. The third-order valence-electron chi connectivity index (χ3n) is 10.4. The summed E-state index contributed by atoms with van der Waals surface area (Å²) in [7, 11) is 5.48. The van der Waals surface area contributed by atoms with Crippen LogP contribution in [0.15, 0.2) is 54.6 Å². The first-order valence-electron chi connectivity index (χ1n) is 16.6. The molecule has 45 heavy (non-hydrogen) atoms. The fourth-order valence-corrected chi connectivity index (χ4v) is 7.40. The average molecular weight is 610 g/mol. The van der Waals surface area contributed by atoms with E-state index in [1.807, 2.05) is 12.1 Å². The Hall–Kier alpha value is -3.59. The molecule has 3 fully saturated rings. The van der Waals surface area contributed by atoms with E-state index in [-0.39, 0.29) is 0 Å². The van der Waals surface area contributed by atoms with E-state index in [1.165, 1.54) is 22.4 Å². The van der Waals surface area contributed by atoms with Crippen LogP contribution in [-0.4, -0.2) is 98.1 Å². The summed E-state index contributed by atoms with van der Waals surface area (Å²) in [5, 5.41) is 0. The number of rotatable bonds is 8. The summed E-state index contributed by atoms with van der Waals surface area (Å²) in [6, 6.07) is 21.2. The van der Waals surface area contributed by atoms with Gasteiger partial charge in [0, 0.05) is 50.5 Å². The number of aryl methyl sites for hydroxylation is 1. The SMILES string of the molecule is COc1ccc(-c2nc3c(C4CCN(C5COC5)CC4)cc(-c4ccc(N5CCN(C(C)C)CC5)cc4)cc3n2C)cc1OC. The van der Waals surface area contributed by atoms with E-state index in [0.717, 1.165) is 93.5 Å². The van der Waals surface area contributed by atoms with Crippen molar-refractivity contribution < 1.29 is 14.2 Å². The van der Waals surface area contributed by atoms with Gasteiger partial charge in [0.15, 0.2) is 11.5 Å². The minimum absolute atomic E-state index is 0.467. The van der Waals surface area contributed by atoms with E-state index in [1.54, 1.807) is 14.2 Å². The molecular formula is C37H47N5O3. The minimum atomic E-state index is 0.467. The third-order valence-corrected chi connectivity index (χ3v) is 10.4. The quantitative estimate of drug-likeness (QED) is 0.242. The van der Waals surface area contributed by atoms with Gasteiger partial charge in [-0.3, -0.25) is 9.80 Å². The fraction of sp³-hybridized carbons (Fsp3) is 0.486. The molecule has 0 atom stereocenters. The van der Waals surface area contributed by atoms with Gasteiger partial charge in [0.1, 0.15) is 5.82 Å². The third kappa shape index (κ3) is 5.80. The second kappa shape index (κ2) is 12.7. The molecule has 3 aliphatic rings. The smallest absolute Gasteiger partial charge is 0.161 e. The lowest BCUT2D eigenvalue weighted by molar-refractivity contribution is -0.0712. The Morgan fingerprint density at radius 1 is 0.778 bits per heavy atom. The van der Waals surface area contributed by atoms with E-state index in [2.05, 4.69) is 82.6 Å². The molecule has 0 amide bonds. The van der Waals surface area contributed by atoms with Crippen molar-refractivity contribution >= 4 is 16.7 Å². The molecule has 0 unspecified atom stereocenters. The van der Waals surface area contributed by atoms with Crippen LogP contribution in [-0.2, 0) is 11.8 Å². The summed E-state index contributed by atoms with van der Waals surface area (Å²) in [5.74, 6) is 2.83. The molecule has 238 valence electrons. The lowest BCUT2D eigenvalue weighted by Crippen LogP contribution is -2.51. The number of aromatic nitrogens is 2. The van der Waals surface area contributed by atoms with Crippen molar-refractivity contribution in [1.29, 1.82) is 0 Å². The van der Waals surface area contributed by atoms with Crippen LogP contribution in [0.4, 0.5) is 5.69 Å². The molecule has 0 saturated carbocycles. The maximum atomic E-state index is 5.64. The average Bonchev–Trinajstić information content (AvgIpc) is 3.39. The second-order valence-electron chi connectivity index (χ2n) is 13.2. The van der Waals surface area contributed by atoms with Gasteiger partial charge >= 0.3 is 0 Å². The highest BCUT2D eigenvalue weighted by atomic mass is 16.5. The number of fused-ring (bicyclic) bond motifs is 1. The maximum absolute atomic E-state index is 5.64. The maximum Gasteiger partial charge on any atom is 0.161 e. The number of benzene rings is 3. The van der Waals surface area contributed by atoms with Gasteiger partial charge in [0.25, 0.3) is 0 Å². The van der Waals surface area contributed by atoms with E-state index in [9.17, 15) is 0 Å². The molecule has 3 aliphatic heterocycles. The molecule has 1 aromatic heterocycles. The Morgan fingerprint density at radius 3 is 2.09 bits per heavy atom. The number of ether oxygens (including phenoxy) is 3. The summed E-state index contributed by atoms with van der Waals surface area (Å²) in [6.45, 7) is 13.0. The molecule has 0 spiro atoms. The van der Waals surface area contributed by atoms with Crippen molar-refractivity contribution in [3.8, 4) is 34.0 Å². The Kier molecular flexibility index (Phi) is 8.46. The van der Waals surface area contributed by atoms with Crippen molar-refractivity contribution in [1.82, 2.24) is 19.4 Å². The number of piperidine rings is 1. The molecule has 4 heterocycles. The number of nitrogens with zero attached hydrogens (tertiary/aromatic N) is 5. The van der Waals surface area contributed by atoms with Gasteiger partial charge in [-0.25, -0.2) is 4.98 Å². The van der Waals surface area contributed by atoms with Crippen LogP contribution in [0, 0.1) is 0 Å².